The third-order valence-electron chi connectivity index (χ3n) is 4.33. The van der Waals surface area contributed by atoms with E-state index in [1.54, 1.807) is 6.33 Å². The van der Waals surface area contributed by atoms with Crippen LogP contribution in [0.15, 0.2) is 6.33 Å². The van der Waals surface area contributed by atoms with Crippen molar-refractivity contribution >= 4 is 0 Å². The van der Waals surface area contributed by atoms with Crippen molar-refractivity contribution < 1.29 is 0 Å². The van der Waals surface area contributed by atoms with E-state index in [1.165, 1.54) is 38.5 Å². The van der Waals surface area contributed by atoms with Gasteiger partial charge in [0, 0.05) is 12.1 Å². The summed E-state index contributed by atoms with van der Waals surface area (Å²) in [5, 5.41) is 7.94. The van der Waals surface area contributed by atoms with Crippen LogP contribution in [-0.2, 0) is 6.54 Å². The van der Waals surface area contributed by atoms with Gasteiger partial charge in [0.15, 0.2) is 0 Å². The van der Waals surface area contributed by atoms with Crippen molar-refractivity contribution in [3.8, 4) is 0 Å². The molecule has 0 radical (unpaired) electrons. The van der Waals surface area contributed by atoms with Gasteiger partial charge in [0.2, 0.25) is 0 Å². The van der Waals surface area contributed by atoms with Crippen LogP contribution in [0.3, 0.4) is 0 Å². The molecule has 0 saturated heterocycles. The molecule has 0 amide bonds. The third-order valence-corrected chi connectivity index (χ3v) is 4.33. The van der Waals surface area contributed by atoms with Gasteiger partial charge in [0.1, 0.15) is 12.2 Å². The Labute approximate surface area is 117 Å². The molecule has 1 heterocycles. The molecule has 1 aromatic rings. The number of rotatable bonds is 5. The van der Waals surface area contributed by atoms with Crippen LogP contribution in [-0.4, -0.2) is 20.8 Å². The first kappa shape index (κ1) is 14.5. The Hall–Kier alpha value is -0.900. The Morgan fingerprint density at radius 3 is 2.53 bits per heavy atom. The number of hydrogen-bond donors (Lipinski definition) is 1. The van der Waals surface area contributed by atoms with Crippen molar-refractivity contribution in [2.24, 2.45) is 5.92 Å². The molecule has 1 fully saturated rings. The Morgan fingerprint density at radius 1 is 1.21 bits per heavy atom. The first-order chi connectivity index (χ1) is 9.18. The van der Waals surface area contributed by atoms with E-state index in [0.29, 0.717) is 12.1 Å². The van der Waals surface area contributed by atoms with Gasteiger partial charge in [-0.05, 0) is 39.5 Å². The second-order valence-electron chi connectivity index (χ2n) is 6.14. The molecular formula is C15H28N4. The van der Waals surface area contributed by atoms with E-state index in [1.807, 2.05) is 4.68 Å². The van der Waals surface area contributed by atoms with Crippen LogP contribution in [0.4, 0.5) is 0 Å². The highest BCUT2D eigenvalue weighted by Crippen LogP contribution is 2.25. The summed E-state index contributed by atoms with van der Waals surface area (Å²) < 4.78 is 2.01. The zero-order chi connectivity index (χ0) is 13.7. The summed E-state index contributed by atoms with van der Waals surface area (Å²) in [6.07, 6.45) is 10.1. The summed E-state index contributed by atoms with van der Waals surface area (Å²) in [5.74, 6) is 1.88. The molecule has 0 bridgehead atoms. The van der Waals surface area contributed by atoms with Gasteiger partial charge in [-0.1, -0.05) is 25.7 Å². The molecule has 1 aromatic heterocycles. The number of nitrogens with one attached hydrogen (secondary N) is 1. The Kier molecular flexibility index (Phi) is 5.37. The highest BCUT2D eigenvalue weighted by atomic mass is 15.4. The van der Waals surface area contributed by atoms with E-state index >= 15 is 0 Å². The van der Waals surface area contributed by atoms with E-state index in [9.17, 15) is 0 Å². The van der Waals surface area contributed by atoms with E-state index < -0.39 is 0 Å². The molecule has 1 aliphatic carbocycles. The molecule has 0 aliphatic heterocycles. The highest BCUT2D eigenvalue weighted by Gasteiger charge is 2.19. The second-order valence-corrected chi connectivity index (χ2v) is 6.14. The van der Waals surface area contributed by atoms with Gasteiger partial charge in [-0.3, -0.25) is 0 Å². The fourth-order valence-corrected chi connectivity index (χ4v) is 3.06. The lowest BCUT2D eigenvalue weighted by atomic mass is 9.93. The first-order valence-electron chi connectivity index (χ1n) is 7.80. The fraction of sp³-hybridized carbons (Fsp3) is 0.867. The largest absolute Gasteiger partial charge is 0.307 e. The number of hydrogen-bond acceptors (Lipinski definition) is 3. The van der Waals surface area contributed by atoms with E-state index in [-0.39, 0.29) is 0 Å². The van der Waals surface area contributed by atoms with E-state index in [4.69, 9.17) is 0 Å². The average molecular weight is 264 g/mol. The molecular weight excluding hydrogens is 236 g/mol. The maximum absolute atomic E-state index is 4.36. The minimum Gasteiger partial charge on any atom is -0.307 e. The summed E-state index contributed by atoms with van der Waals surface area (Å²) in [4.78, 5) is 4.36. The zero-order valence-corrected chi connectivity index (χ0v) is 12.6. The summed E-state index contributed by atoms with van der Waals surface area (Å²) in [7, 11) is 0. The number of nitrogens with zero attached hydrogens (tertiary/aromatic N) is 3. The van der Waals surface area contributed by atoms with Crippen molar-refractivity contribution in [2.45, 2.75) is 77.9 Å². The molecule has 4 nitrogen and oxygen atoms in total. The van der Waals surface area contributed by atoms with Gasteiger partial charge in [0.05, 0.1) is 6.54 Å². The van der Waals surface area contributed by atoms with Crippen molar-refractivity contribution in [3.05, 3.63) is 12.2 Å². The highest BCUT2D eigenvalue weighted by molar-refractivity contribution is 4.87. The lowest BCUT2D eigenvalue weighted by molar-refractivity contribution is 0.330. The predicted molar refractivity (Wildman–Crippen MR) is 77.9 cm³/mol. The molecule has 0 unspecified atom stereocenters. The topological polar surface area (TPSA) is 42.7 Å². The average Bonchev–Trinajstić information content (AvgIpc) is 2.69. The first-order valence-corrected chi connectivity index (χ1v) is 7.80. The van der Waals surface area contributed by atoms with Crippen molar-refractivity contribution in [3.63, 3.8) is 0 Å². The van der Waals surface area contributed by atoms with Gasteiger partial charge < -0.3 is 5.32 Å². The molecule has 2 rings (SSSR count). The molecule has 0 spiro atoms. The van der Waals surface area contributed by atoms with Crippen LogP contribution >= 0.6 is 0 Å². The van der Waals surface area contributed by atoms with Crippen LogP contribution < -0.4 is 5.32 Å². The van der Waals surface area contributed by atoms with Crippen LogP contribution in [0.1, 0.15) is 71.2 Å². The molecule has 1 saturated carbocycles. The van der Waals surface area contributed by atoms with E-state index in [0.717, 1.165) is 18.3 Å². The molecule has 1 atom stereocenters. The maximum Gasteiger partial charge on any atom is 0.141 e. The van der Waals surface area contributed by atoms with Crippen molar-refractivity contribution in [1.82, 2.24) is 20.1 Å². The Morgan fingerprint density at radius 2 is 1.89 bits per heavy atom. The molecule has 108 valence electrons. The quantitative estimate of drug-likeness (QED) is 0.830. The van der Waals surface area contributed by atoms with Crippen molar-refractivity contribution in [2.75, 3.05) is 0 Å². The molecule has 0 aromatic carbocycles. The molecule has 4 heteroatoms. The normalized spacial score (nSPS) is 19.6. The molecule has 1 aliphatic rings. The smallest absolute Gasteiger partial charge is 0.141 e. The SMILES string of the molecule is CC(C)n1ncnc1CN[C@H](C)C1CCCCCC1. The van der Waals surface area contributed by atoms with Gasteiger partial charge in [-0.25, -0.2) is 9.67 Å². The van der Waals surface area contributed by atoms with Gasteiger partial charge in [0.25, 0.3) is 0 Å². The Balaban J connectivity index is 1.85. The lowest BCUT2D eigenvalue weighted by Gasteiger charge is -2.23. The van der Waals surface area contributed by atoms with E-state index in [2.05, 4.69) is 36.2 Å². The Bertz CT molecular complexity index is 364. The standard InChI is InChI=1S/C15H28N4/c1-12(2)19-15(17-11-18-19)10-16-13(3)14-8-6-4-5-7-9-14/h11-14,16H,4-10H2,1-3H3/t13-/m1/s1. The van der Waals surface area contributed by atoms with Crippen LogP contribution in [0.5, 0.6) is 0 Å². The number of aromatic nitrogens is 3. The van der Waals surface area contributed by atoms with Crippen molar-refractivity contribution in [1.29, 1.82) is 0 Å². The molecule has 1 N–H and O–H groups in total. The summed E-state index contributed by atoms with van der Waals surface area (Å²) in [5.41, 5.74) is 0. The minimum atomic E-state index is 0.382. The second kappa shape index (κ2) is 7.04. The maximum atomic E-state index is 4.36. The summed E-state index contributed by atoms with van der Waals surface area (Å²) >= 11 is 0. The third kappa shape index (κ3) is 4.03. The van der Waals surface area contributed by atoms with Gasteiger partial charge in [-0.15, -0.1) is 0 Å². The summed E-state index contributed by atoms with van der Waals surface area (Å²) in [6, 6.07) is 0.961. The van der Waals surface area contributed by atoms with Crippen LogP contribution in [0.2, 0.25) is 0 Å². The molecule has 19 heavy (non-hydrogen) atoms. The summed E-state index contributed by atoms with van der Waals surface area (Å²) in [6.45, 7) is 7.45. The fourth-order valence-electron chi connectivity index (χ4n) is 3.06. The monoisotopic (exact) mass is 264 g/mol. The van der Waals surface area contributed by atoms with Gasteiger partial charge >= 0.3 is 0 Å². The predicted octanol–water partition coefficient (Wildman–Crippen LogP) is 3.31. The van der Waals surface area contributed by atoms with Crippen LogP contribution in [0.25, 0.3) is 0 Å². The van der Waals surface area contributed by atoms with Crippen LogP contribution in [0, 0.1) is 5.92 Å². The lowest BCUT2D eigenvalue weighted by Crippen LogP contribution is -2.34. The van der Waals surface area contributed by atoms with Gasteiger partial charge in [-0.2, -0.15) is 5.10 Å². The minimum absolute atomic E-state index is 0.382. The zero-order valence-electron chi connectivity index (χ0n) is 12.6.